The van der Waals surface area contributed by atoms with E-state index in [1.165, 1.54) is 0 Å². The number of hydrogen-bond acceptors (Lipinski definition) is 5. The molecule has 0 amide bonds. The maximum atomic E-state index is 9.01. The summed E-state index contributed by atoms with van der Waals surface area (Å²) in [6.45, 7) is 4.40. The van der Waals surface area contributed by atoms with E-state index in [0.717, 1.165) is 19.3 Å². The van der Waals surface area contributed by atoms with Crippen LogP contribution in [0.2, 0.25) is 0 Å². The zero-order valence-electron chi connectivity index (χ0n) is 10.8. The Bertz CT molecular complexity index is 289. The zero-order valence-corrected chi connectivity index (χ0v) is 10.8. The first-order chi connectivity index (χ1) is 8.21. The number of hydroxylamine groups is 1. The molecule has 0 bridgehead atoms. The minimum atomic E-state index is 0.0762. The van der Waals surface area contributed by atoms with E-state index in [9.17, 15) is 0 Å². The second-order valence-electron chi connectivity index (χ2n) is 4.17. The molecule has 1 aliphatic rings. The molecular formula is C12H22N2O3. The highest BCUT2D eigenvalue weighted by Crippen LogP contribution is 2.14. The molecule has 0 fully saturated rings. The number of nitrogens with one attached hydrogen (secondary N) is 1. The zero-order chi connectivity index (χ0) is 12.7. The molecule has 5 heteroatoms. The first-order valence-corrected chi connectivity index (χ1v) is 6.01. The summed E-state index contributed by atoms with van der Waals surface area (Å²) in [5.74, 6) is 0.620. The number of hydrogen-bond donors (Lipinski definition) is 2. The summed E-state index contributed by atoms with van der Waals surface area (Å²) in [6.07, 6.45) is 4.59. The lowest BCUT2D eigenvalue weighted by Crippen LogP contribution is -2.23. The fourth-order valence-corrected chi connectivity index (χ4v) is 1.71. The Hall–Kier alpha value is -1.07. The van der Waals surface area contributed by atoms with Crippen LogP contribution in [0.4, 0.5) is 0 Å². The van der Waals surface area contributed by atoms with Crippen molar-refractivity contribution in [2.45, 2.75) is 45.3 Å². The molecule has 2 atom stereocenters. The number of methoxy groups -OCH3 is 1. The van der Waals surface area contributed by atoms with Gasteiger partial charge in [0, 0.05) is 13.2 Å². The summed E-state index contributed by atoms with van der Waals surface area (Å²) < 4.78 is 10.9. The van der Waals surface area contributed by atoms with Gasteiger partial charge in [-0.2, -0.15) is 0 Å². The topological polar surface area (TPSA) is 63.1 Å². The van der Waals surface area contributed by atoms with Crippen LogP contribution in [-0.2, 0) is 9.47 Å². The molecule has 0 spiro atoms. The van der Waals surface area contributed by atoms with Crippen LogP contribution >= 0.6 is 0 Å². The van der Waals surface area contributed by atoms with Gasteiger partial charge in [0.25, 0.3) is 0 Å². The lowest BCUT2D eigenvalue weighted by Gasteiger charge is -2.20. The summed E-state index contributed by atoms with van der Waals surface area (Å²) in [4.78, 5) is 4.43. The van der Waals surface area contributed by atoms with Gasteiger partial charge in [0.05, 0.1) is 12.3 Å². The van der Waals surface area contributed by atoms with E-state index in [2.05, 4.69) is 17.4 Å². The molecule has 0 radical (unpaired) electrons. The van der Waals surface area contributed by atoms with Crippen LogP contribution < -0.4 is 5.48 Å². The van der Waals surface area contributed by atoms with Gasteiger partial charge in [-0.15, -0.1) is 0 Å². The summed E-state index contributed by atoms with van der Waals surface area (Å²) >= 11 is 0. The molecule has 2 unspecified atom stereocenters. The van der Waals surface area contributed by atoms with Gasteiger partial charge in [0.2, 0.25) is 0 Å². The molecule has 5 nitrogen and oxygen atoms in total. The van der Waals surface area contributed by atoms with Crippen molar-refractivity contribution < 1.29 is 14.7 Å². The molecule has 0 saturated heterocycles. The van der Waals surface area contributed by atoms with E-state index in [0.29, 0.717) is 18.1 Å². The van der Waals surface area contributed by atoms with Crippen LogP contribution in [0.25, 0.3) is 0 Å². The SMILES string of the molecule is CCC1CCC(OC)CO/C(C)=C(\NO)C=N1. The Morgan fingerprint density at radius 2 is 2.35 bits per heavy atom. The van der Waals surface area contributed by atoms with Crippen molar-refractivity contribution in [3.8, 4) is 0 Å². The van der Waals surface area contributed by atoms with Gasteiger partial charge in [-0.05, 0) is 26.2 Å². The largest absolute Gasteiger partial charge is 0.493 e. The lowest BCUT2D eigenvalue weighted by atomic mass is 10.1. The maximum Gasteiger partial charge on any atom is 0.120 e. The molecule has 0 saturated carbocycles. The van der Waals surface area contributed by atoms with E-state index in [-0.39, 0.29) is 12.1 Å². The van der Waals surface area contributed by atoms with E-state index in [1.807, 2.05) is 0 Å². The molecular weight excluding hydrogens is 220 g/mol. The number of nitrogens with zero attached hydrogens (tertiary/aromatic N) is 1. The molecule has 0 aromatic carbocycles. The highest BCUT2D eigenvalue weighted by Gasteiger charge is 2.14. The second kappa shape index (κ2) is 7.29. The van der Waals surface area contributed by atoms with Crippen molar-refractivity contribution in [1.82, 2.24) is 5.48 Å². The fourth-order valence-electron chi connectivity index (χ4n) is 1.71. The summed E-state index contributed by atoms with van der Waals surface area (Å²) in [5, 5.41) is 9.01. The van der Waals surface area contributed by atoms with Gasteiger partial charge in [0.1, 0.15) is 18.1 Å². The molecule has 2 N–H and O–H groups in total. The van der Waals surface area contributed by atoms with Gasteiger partial charge in [0.15, 0.2) is 0 Å². The first kappa shape index (κ1) is 14.0. The minimum absolute atomic E-state index is 0.0762. The summed E-state index contributed by atoms with van der Waals surface area (Å²) in [7, 11) is 1.69. The van der Waals surface area contributed by atoms with Crippen molar-refractivity contribution in [2.24, 2.45) is 4.99 Å². The molecule has 1 heterocycles. The van der Waals surface area contributed by atoms with E-state index in [1.54, 1.807) is 20.2 Å². The molecule has 0 aliphatic carbocycles. The second-order valence-corrected chi connectivity index (χ2v) is 4.17. The molecule has 17 heavy (non-hydrogen) atoms. The fraction of sp³-hybridized carbons (Fsp3) is 0.750. The molecule has 98 valence electrons. The van der Waals surface area contributed by atoms with Crippen molar-refractivity contribution in [2.75, 3.05) is 13.7 Å². The van der Waals surface area contributed by atoms with Crippen LogP contribution in [0.1, 0.15) is 33.1 Å². The third-order valence-corrected chi connectivity index (χ3v) is 3.03. The van der Waals surface area contributed by atoms with Crippen LogP contribution in [0, 0.1) is 0 Å². The third-order valence-electron chi connectivity index (χ3n) is 3.03. The predicted molar refractivity (Wildman–Crippen MR) is 66.2 cm³/mol. The molecule has 0 aromatic heterocycles. The normalized spacial score (nSPS) is 30.8. The number of allylic oxidation sites excluding steroid dienone is 2. The summed E-state index contributed by atoms with van der Waals surface area (Å²) in [5.41, 5.74) is 2.61. The van der Waals surface area contributed by atoms with Crippen molar-refractivity contribution in [3.63, 3.8) is 0 Å². The highest BCUT2D eigenvalue weighted by atomic mass is 16.5. The predicted octanol–water partition coefficient (Wildman–Crippen LogP) is 1.87. The highest BCUT2D eigenvalue weighted by molar-refractivity contribution is 5.78. The smallest absolute Gasteiger partial charge is 0.120 e. The van der Waals surface area contributed by atoms with Crippen LogP contribution in [0.5, 0.6) is 0 Å². The van der Waals surface area contributed by atoms with Gasteiger partial charge in [-0.1, -0.05) is 6.92 Å². The Morgan fingerprint density at radius 1 is 1.59 bits per heavy atom. The minimum Gasteiger partial charge on any atom is -0.493 e. The molecule has 0 aromatic rings. The van der Waals surface area contributed by atoms with Crippen molar-refractivity contribution in [3.05, 3.63) is 11.5 Å². The van der Waals surface area contributed by atoms with Crippen molar-refractivity contribution in [1.29, 1.82) is 0 Å². The standard InChI is InChI=1S/C12H22N2O3/c1-4-10-5-6-11(16-3)8-17-9(2)12(14-15)7-13-10/h7,10-11,14-15H,4-6,8H2,1-3H3/b12-9-,13-7?. The number of aliphatic imine (C=N–C) groups is 1. The maximum absolute atomic E-state index is 9.01. The Balaban J connectivity index is 2.82. The molecule has 1 rings (SSSR count). The third kappa shape index (κ3) is 4.36. The van der Waals surface area contributed by atoms with Crippen LogP contribution in [0.15, 0.2) is 16.4 Å². The number of rotatable bonds is 3. The Kier molecular flexibility index (Phi) is 6.00. The van der Waals surface area contributed by atoms with E-state index >= 15 is 0 Å². The van der Waals surface area contributed by atoms with Gasteiger partial charge < -0.3 is 9.47 Å². The Labute approximate surface area is 102 Å². The quantitative estimate of drug-likeness (QED) is 0.742. The van der Waals surface area contributed by atoms with Crippen LogP contribution in [-0.4, -0.2) is 37.3 Å². The number of ether oxygens (including phenoxy) is 2. The van der Waals surface area contributed by atoms with E-state index in [4.69, 9.17) is 14.7 Å². The average Bonchev–Trinajstić information content (AvgIpc) is 2.36. The van der Waals surface area contributed by atoms with Crippen molar-refractivity contribution >= 4 is 6.21 Å². The Morgan fingerprint density at radius 3 is 2.94 bits per heavy atom. The lowest BCUT2D eigenvalue weighted by molar-refractivity contribution is 0.0244. The van der Waals surface area contributed by atoms with Gasteiger partial charge >= 0.3 is 0 Å². The van der Waals surface area contributed by atoms with E-state index < -0.39 is 0 Å². The average molecular weight is 242 g/mol. The summed E-state index contributed by atoms with van der Waals surface area (Å²) in [6, 6.07) is 0.266. The van der Waals surface area contributed by atoms with Crippen LogP contribution in [0.3, 0.4) is 0 Å². The van der Waals surface area contributed by atoms with Gasteiger partial charge in [-0.25, -0.2) is 0 Å². The van der Waals surface area contributed by atoms with Gasteiger partial charge in [-0.3, -0.25) is 15.7 Å². The molecule has 1 aliphatic heterocycles. The monoisotopic (exact) mass is 242 g/mol. The first-order valence-electron chi connectivity index (χ1n) is 6.01.